The third-order valence-electron chi connectivity index (χ3n) is 3.38. The molecule has 0 bridgehead atoms. The number of nitrogens with zero attached hydrogens (tertiary/aromatic N) is 1. The molecule has 1 unspecified atom stereocenters. The lowest BCUT2D eigenvalue weighted by molar-refractivity contribution is 0.155. The molecule has 0 aliphatic carbocycles. The van der Waals surface area contributed by atoms with Crippen LogP contribution in [0.5, 0.6) is 5.75 Å². The second-order valence-corrected chi connectivity index (χ2v) is 5.11. The fourth-order valence-corrected chi connectivity index (χ4v) is 2.30. The van der Waals surface area contributed by atoms with Gasteiger partial charge in [-0.1, -0.05) is 24.6 Å². The van der Waals surface area contributed by atoms with Gasteiger partial charge in [0.1, 0.15) is 5.75 Å². The van der Waals surface area contributed by atoms with E-state index in [4.69, 9.17) is 9.47 Å². The zero-order valence-electron chi connectivity index (χ0n) is 13.4. The number of nitrogens with one attached hydrogen (secondary N) is 1. The van der Waals surface area contributed by atoms with E-state index in [0.29, 0.717) is 0 Å². The van der Waals surface area contributed by atoms with Crippen molar-refractivity contribution in [3.63, 3.8) is 0 Å². The van der Waals surface area contributed by atoms with Crippen molar-refractivity contribution in [2.75, 3.05) is 47.5 Å². The summed E-state index contributed by atoms with van der Waals surface area (Å²) >= 11 is 0. The summed E-state index contributed by atoms with van der Waals surface area (Å²) in [5, 5.41) is 3.55. The van der Waals surface area contributed by atoms with Crippen LogP contribution < -0.4 is 10.1 Å². The van der Waals surface area contributed by atoms with Crippen LogP contribution in [-0.4, -0.2) is 52.4 Å². The van der Waals surface area contributed by atoms with Gasteiger partial charge in [0.2, 0.25) is 0 Å². The first-order valence-electron chi connectivity index (χ1n) is 7.17. The topological polar surface area (TPSA) is 33.7 Å². The number of likely N-dealkylation sites (N-methyl/N-ethyl adjacent to an activating group) is 2. The molecular weight excluding hydrogens is 252 g/mol. The van der Waals surface area contributed by atoms with Crippen molar-refractivity contribution in [2.24, 2.45) is 0 Å². The molecule has 1 rings (SSSR count). The maximum atomic E-state index is 5.51. The Morgan fingerprint density at radius 3 is 2.65 bits per heavy atom. The van der Waals surface area contributed by atoms with Gasteiger partial charge in [-0.05, 0) is 26.6 Å². The van der Waals surface area contributed by atoms with E-state index in [0.717, 1.165) is 32.0 Å². The molecule has 114 valence electrons. The molecule has 0 heterocycles. The highest BCUT2D eigenvalue weighted by Gasteiger charge is 2.17. The number of hydrogen-bond acceptors (Lipinski definition) is 4. The van der Waals surface area contributed by atoms with Gasteiger partial charge in [-0.25, -0.2) is 0 Å². The molecule has 20 heavy (non-hydrogen) atoms. The highest BCUT2D eigenvalue weighted by atomic mass is 16.5. The molecule has 4 heteroatoms. The molecule has 1 aromatic rings. The number of benzene rings is 1. The lowest BCUT2D eigenvalue weighted by Gasteiger charge is -2.26. The van der Waals surface area contributed by atoms with Crippen LogP contribution in [0.15, 0.2) is 18.2 Å². The smallest absolute Gasteiger partial charge is 0.123 e. The minimum absolute atomic E-state index is 0.261. The molecule has 0 aromatic heterocycles. The van der Waals surface area contributed by atoms with E-state index in [2.05, 4.69) is 43.2 Å². The van der Waals surface area contributed by atoms with E-state index in [-0.39, 0.29) is 6.04 Å². The van der Waals surface area contributed by atoms with Gasteiger partial charge in [0.15, 0.2) is 0 Å². The first-order valence-corrected chi connectivity index (χ1v) is 7.17. The van der Waals surface area contributed by atoms with Gasteiger partial charge < -0.3 is 19.7 Å². The molecule has 0 amide bonds. The number of ether oxygens (including phenoxy) is 2. The van der Waals surface area contributed by atoms with Crippen molar-refractivity contribution < 1.29 is 9.47 Å². The molecule has 0 aliphatic rings. The Morgan fingerprint density at radius 2 is 2.05 bits per heavy atom. The summed E-state index contributed by atoms with van der Waals surface area (Å²) in [5.74, 6) is 0.946. The number of aryl methyl sites for hydroxylation is 1. The number of methoxy groups -OCH3 is 2. The van der Waals surface area contributed by atoms with Crippen molar-refractivity contribution in [3.8, 4) is 5.75 Å². The van der Waals surface area contributed by atoms with E-state index < -0.39 is 0 Å². The van der Waals surface area contributed by atoms with Gasteiger partial charge in [-0.15, -0.1) is 0 Å². The monoisotopic (exact) mass is 280 g/mol. The van der Waals surface area contributed by atoms with Crippen molar-refractivity contribution >= 4 is 0 Å². The van der Waals surface area contributed by atoms with Crippen LogP contribution in [0.25, 0.3) is 0 Å². The SMILES string of the molecule is CCNC(CN(C)CCOC)c1cc(C)ccc1OC. The van der Waals surface area contributed by atoms with Crippen molar-refractivity contribution in [3.05, 3.63) is 29.3 Å². The molecule has 0 radical (unpaired) electrons. The second kappa shape index (κ2) is 8.95. The average Bonchev–Trinajstić information content (AvgIpc) is 2.44. The highest BCUT2D eigenvalue weighted by molar-refractivity contribution is 5.39. The largest absolute Gasteiger partial charge is 0.496 e. The predicted octanol–water partition coefficient (Wildman–Crippen LogP) is 2.23. The standard InChI is InChI=1S/C16H28N2O2/c1-6-17-15(12-18(3)9-10-19-4)14-11-13(2)7-8-16(14)20-5/h7-8,11,15,17H,6,9-10,12H2,1-5H3. The Hall–Kier alpha value is -1.10. The first kappa shape index (κ1) is 17.0. The minimum atomic E-state index is 0.261. The summed E-state index contributed by atoms with van der Waals surface area (Å²) in [4.78, 5) is 2.28. The van der Waals surface area contributed by atoms with Crippen LogP contribution in [0.3, 0.4) is 0 Å². The van der Waals surface area contributed by atoms with Gasteiger partial charge in [0.05, 0.1) is 13.7 Å². The van der Waals surface area contributed by atoms with Gasteiger partial charge in [-0.3, -0.25) is 0 Å². The molecule has 4 nitrogen and oxygen atoms in total. The molecule has 1 aromatic carbocycles. The Labute approximate surface area is 123 Å². The summed E-state index contributed by atoms with van der Waals surface area (Å²) < 4.78 is 10.6. The molecule has 0 saturated carbocycles. The molecule has 1 atom stereocenters. The Morgan fingerprint density at radius 1 is 1.30 bits per heavy atom. The zero-order valence-corrected chi connectivity index (χ0v) is 13.4. The normalized spacial score (nSPS) is 12.7. The van der Waals surface area contributed by atoms with E-state index in [1.54, 1.807) is 14.2 Å². The van der Waals surface area contributed by atoms with Crippen LogP contribution in [0.1, 0.15) is 24.1 Å². The summed E-state index contributed by atoms with van der Waals surface area (Å²) in [6.07, 6.45) is 0. The lowest BCUT2D eigenvalue weighted by Crippen LogP contribution is -2.34. The summed E-state index contributed by atoms with van der Waals surface area (Å²) in [5.41, 5.74) is 2.47. The van der Waals surface area contributed by atoms with Crippen LogP contribution in [0.2, 0.25) is 0 Å². The van der Waals surface area contributed by atoms with Crippen LogP contribution in [0, 0.1) is 6.92 Å². The van der Waals surface area contributed by atoms with Gasteiger partial charge in [0, 0.05) is 31.8 Å². The summed E-state index contributed by atoms with van der Waals surface area (Å²) in [6.45, 7) is 7.77. The number of rotatable bonds is 9. The summed E-state index contributed by atoms with van der Waals surface area (Å²) in [7, 11) is 5.58. The van der Waals surface area contributed by atoms with Crippen LogP contribution >= 0.6 is 0 Å². The van der Waals surface area contributed by atoms with E-state index in [1.165, 1.54) is 11.1 Å². The fraction of sp³-hybridized carbons (Fsp3) is 0.625. The van der Waals surface area contributed by atoms with E-state index in [1.807, 2.05) is 6.07 Å². The molecule has 0 aliphatic heterocycles. The van der Waals surface area contributed by atoms with Crippen molar-refractivity contribution in [2.45, 2.75) is 19.9 Å². The quantitative estimate of drug-likeness (QED) is 0.752. The van der Waals surface area contributed by atoms with Crippen molar-refractivity contribution in [1.82, 2.24) is 10.2 Å². The Kier molecular flexibility index (Phi) is 7.59. The maximum Gasteiger partial charge on any atom is 0.123 e. The molecule has 0 saturated heterocycles. The summed E-state index contributed by atoms with van der Waals surface area (Å²) in [6, 6.07) is 6.59. The zero-order chi connectivity index (χ0) is 15.0. The molecule has 1 N–H and O–H groups in total. The highest BCUT2D eigenvalue weighted by Crippen LogP contribution is 2.26. The average molecular weight is 280 g/mol. The lowest BCUT2D eigenvalue weighted by atomic mass is 10.0. The Balaban J connectivity index is 2.86. The molecule has 0 spiro atoms. The number of hydrogen-bond donors (Lipinski definition) is 1. The second-order valence-electron chi connectivity index (χ2n) is 5.11. The Bertz CT molecular complexity index is 396. The van der Waals surface area contributed by atoms with E-state index >= 15 is 0 Å². The van der Waals surface area contributed by atoms with Crippen LogP contribution in [-0.2, 0) is 4.74 Å². The fourth-order valence-electron chi connectivity index (χ4n) is 2.30. The van der Waals surface area contributed by atoms with Crippen LogP contribution in [0.4, 0.5) is 0 Å². The van der Waals surface area contributed by atoms with E-state index in [9.17, 15) is 0 Å². The van der Waals surface area contributed by atoms with Gasteiger partial charge in [-0.2, -0.15) is 0 Å². The molecular formula is C16H28N2O2. The first-order chi connectivity index (χ1) is 9.62. The predicted molar refractivity (Wildman–Crippen MR) is 83.5 cm³/mol. The third kappa shape index (κ3) is 5.12. The maximum absolute atomic E-state index is 5.51. The van der Waals surface area contributed by atoms with Gasteiger partial charge in [0.25, 0.3) is 0 Å². The van der Waals surface area contributed by atoms with Crippen molar-refractivity contribution in [1.29, 1.82) is 0 Å². The van der Waals surface area contributed by atoms with Gasteiger partial charge >= 0.3 is 0 Å². The molecule has 0 fully saturated rings. The minimum Gasteiger partial charge on any atom is -0.496 e. The third-order valence-corrected chi connectivity index (χ3v) is 3.38.